The highest BCUT2D eigenvalue weighted by molar-refractivity contribution is 6.29. The number of aromatic nitrogens is 5. The van der Waals surface area contributed by atoms with E-state index in [0.29, 0.717) is 12.1 Å². The molecule has 0 fully saturated rings. The summed E-state index contributed by atoms with van der Waals surface area (Å²) in [5.74, 6) is 0.0524. The van der Waals surface area contributed by atoms with Gasteiger partial charge in [-0.2, -0.15) is 22.8 Å². The fourth-order valence-electron chi connectivity index (χ4n) is 2.95. The number of hydrogen-bond donors (Lipinski definition) is 1. The highest BCUT2D eigenvalue weighted by Gasteiger charge is 2.33. The van der Waals surface area contributed by atoms with Gasteiger partial charge in [0.1, 0.15) is 16.5 Å². The number of carbonyl (C=O) groups excluding carboxylic acids is 1. The Morgan fingerprint density at radius 3 is 2.83 bits per heavy atom. The van der Waals surface area contributed by atoms with Gasteiger partial charge in [-0.15, -0.1) is 0 Å². The maximum atomic E-state index is 13.1. The second-order valence-corrected chi connectivity index (χ2v) is 6.68. The molecule has 0 aromatic carbocycles. The second kappa shape index (κ2) is 7.48. The molecule has 0 spiro atoms. The summed E-state index contributed by atoms with van der Waals surface area (Å²) < 4.78 is 46.8. The molecule has 0 saturated heterocycles. The van der Waals surface area contributed by atoms with Crippen molar-refractivity contribution in [3.63, 3.8) is 0 Å². The molecular weight excluding hydrogens is 425 g/mol. The van der Waals surface area contributed by atoms with E-state index in [1.807, 2.05) is 6.92 Å². The van der Waals surface area contributed by atoms with E-state index in [4.69, 9.17) is 16.3 Å². The third-order valence-corrected chi connectivity index (χ3v) is 4.50. The van der Waals surface area contributed by atoms with Crippen molar-refractivity contribution in [2.75, 3.05) is 0 Å². The lowest BCUT2D eigenvalue weighted by Gasteiger charge is -2.08. The number of hydrogen-bond acceptors (Lipinski definition) is 5. The molecule has 4 rings (SSSR count). The molecule has 4 heterocycles. The van der Waals surface area contributed by atoms with Crippen LogP contribution in [0.4, 0.5) is 18.0 Å². The lowest BCUT2D eigenvalue weighted by molar-refractivity contribution is -0.142. The van der Waals surface area contributed by atoms with Crippen molar-refractivity contribution in [3.8, 4) is 5.88 Å². The van der Waals surface area contributed by atoms with Crippen LogP contribution >= 0.6 is 11.6 Å². The first kappa shape index (κ1) is 20.0. The Hall–Kier alpha value is -3.34. The van der Waals surface area contributed by atoms with Gasteiger partial charge in [-0.05, 0) is 18.6 Å². The summed E-state index contributed by atoms with van der Waals surface area (Å²) in [5.41, 5.74) is 0.775. The lowest BCUT2D eigenvalue weighted by Crippen LogP contribution is -2.27. The van der Waals surface area contributed by atoms with Crippen LogP contribution in [0.25, 0.3) is 11.3 Å². The molecule has 0 aliphatic heterocycles. The monoisotopic (exact) mass is 438 g/mol. The first-order valence-corrected chi connectivity index (χ1v) is 9.17. The molecular formula is C18H14ClF3N6O2. The van der Waals surface area contributed by atoms with Crippen molar-refractivity contribution in [3.05, 3.63) is 58.8 Å². The van der Waals surface area contributed by atoms with Crippen LogP contribution in [0.15, 0.2) is 36.7 Å². The van der Waals surface area contributed by atoms with Crippen molar-refractivity contribution in [2.24, 2.45) is 0 Å². The van der Waals surface area contributed by atoms with Crippen LogP contribution in [0.2, 0.25) is 5.15 Å². The van der Waals surface area contributed by atoms with Gasteiger partial charge in [0, 0.05) is 17.8 Å². The molecule has 0 bridgehead atoms. The van der Waals surface area contributed by atoms with E-state index in [2.05, 4.69) is 20.4 Å². The largest absolute Gasteiger partial charge is 0.431 e. The number of alkyl halides is 3. The van der Waals surface area contributed by atoms with Crippen molar-refractivity contribution >= 4 is 29.0 Å². The maximum Gasteiger partial charge on any atom is 0.431 e. The van der Waals surface area contributed by atoms with Gasteiger partial charge >= 0.3 is 12.3 Å². The van der Waals surface area contributed by atoms with Crippen LogP contribution in [-0.4, -0.2) is 30.1 Å². The Morgan fingerprint density at radius 1 is 1.30 bits per heavy atom. The Balaban J connectivity index is 1.51. The Bertz CT molecular complexity index is 1250. The molecule has 1 N–H and O–H groups in total. The number of pyridine rings is 1. The summed E-state index contributed by atoms with van der Waals surface area (Å²) in [5, 5.41) is 6.71. The first-order chi connectivity index (χ1) is 14.3. The van der Waals surface area contributed by atoms with Gasteiger partial charge in [0.25, 0.3) is 0 Å². The predicted octanol–water partition coefficient (Wildman–Crippen LogP) is 3.90. The lowest BCUT2D eigenvalue weighted by atomic mass is 10.3. The molecule has 0 aliphatic carbocycles. The number of amides is 1. The van der Waals surface area contributed by atoms with E-state index in [9.17, 15) is 18.0 Å². The van der Waals surface area contributed by atoms with Crippen LogP contribution in [0.3, 0.4) is 0 Å². The standard InChI is InChI=1S/C18H14ClF3N6O2/c1-2-10-7-24-28-15(6-13(19)26-16(10)28)30-17(29)23-8-11-9-27-12(18(20,21)22)4-3-5-14(27)25-11/h3-7,9H,2,8H2,1H3,(H,23,29). The number of imidazole rings is 1. The van der Waals surface area contributed by atoms with Gasteiger partial charge in [0.2, 0.25) is 5.88 Å². The molecule has 0 unspecified atom stereocenters. The van der Waals surface area contributed by atoms with Gasteiger partial charge in [0.15, 0.2) is 5.65 Å². The molecule has 12 heteroatoms. The minimum Gasteiger partial charge on any atom is -0.391 e. The van der Waals surface area contributed by atoms with Crippen LogP contribution in [-0.2, 0) is 19.1 Å². The molecule has 156 valence electrons. The topological polar surface area (TPSA) is 85.8 Å². The zero-order chi connectivity index (χ0) is 21.5. The minimum atomic E-state index is -4.53. The number of carbonyl (C=O) groups is 1. The van der Waals surface area contributed by atoms with E-state index in [0.717, 1.165) is 16.0 Å². The van der Waals surface area contributed by atoms with Gasteiger partial charge in [-0.1, -0.05) is 24.6 Å². The molecule has 0 aliphatic rings. The average molecular weight is 439 g/mol. The number of halogens is 4. The zero-order valence-electron chi connectivity index (χ0n) is 15.4. The third-order valence-electron chi connectivity index (χ3n) is 4.31. The fraction of sp³-hybridized carbons (Fsp3) is 0.222. The molecule has 4 aromatic rings. The SMILES string of the molecule is CCc1cnn2c(OC(=O)NCc3cn4c(C(F)(F)F)cccc4n3)cc(Cl)nc12. The number of ether oxygens (including phenoxy) is 1. The smallest absolute Gasteiger partial charge is 0.391 e. The van der Waals surface area contributed by atoms with E-state index in [1.165, 1.54) is 28.9 Å². The molecule has 0 atom stereocenters. The Labute approximate surface area is 172 Å². The summed E-state index contributed by atoms with van der Waals surface area (Å²) in [6, 6.07) is 4.99. The second-order valence-electron chi connectivity index (χ2n) is 6.29. The van der Waals surface area contributed by atoms with E-state index in [1.54, 1.807) is 6.20 Å². The molecule has 0 radical (unpaired) electrons. The highest BCUT2D eigenvalue weighted by atomic mass is 35.5. The highest BCUT2D eigenvalue weighted by Crippen LogP contribution is 2.29. The summed E-state index contributed by atoms with van der Waals surface area (Å²) >= 11 is 5.99. The average Bonchev–Trinajstić information content (AvgIpc) is 3.28. The number of rotatable bonds is 4. The molecule has 0 saturated carbocycles. The summed E-state index contributed by atoms with van der Waals surface area (Å²) in [6.45, 7) is 1.78. The number of nitrogens with one attached hydrogen (secondary N) is 1. The molecule has 8 nitrogen and oxygen atoms in total. The quantitative estimate of drug-likeness (QED) is 0.488. The zero-order valence-corrected chi connectivity index (χ0v) is 16.2. The van der Waals surface area contributed by atoms with Crippen molar-refractivity contribution in [1.29, 1.82) is 0 Å². The van der Waals surface area contributed by atoms with Crippen LogP contribution in [0.5, 0.6) is 5.88 Å². The normalized spacial score (nSPS) is 11.9. The Kier molecular flexibility index (Phi) is 4.98. The number of aryl methyl sites for hydroxylation is 1. The van der Waals surface area contributed by atoms with Gasteiger partial charge in [-0.3, -0.25) is 4.40 Å². The van der Waals surface area contributed by atoms with Crippen molar-refractivity contribution < 1.29 is 22.7 Å². The fourth-order valence-corrected chi connectivity index (χ4v) is 3.12. The molecule has 30 heavy (non-hydrogen) atoms. The van der Waals surface area contributed by atoms with Crippen molar-refractivity contribution in [1.82, 2.24) is 29.3 Å². The van der Waals surface area contributed by atoms with Crippen LogP contribution in [0, 0.1) is 0 Å². The molecule has 4 aromatic heterocycles. The van der Waals surface area contributed by atoms with Crippen LogP contribution in [0.1, 0.15) is 23.9 Å². The predicted molar refractivity (Wildman–Crippen MR) is 100 cm³/mol. The van der Waals surface area contributed by atoms with E-state index in [-0.39, 0.29) is 28.9 Å². The maximum absolute atomic E-state index is 13.1. The number of fused-ring (bicyclic) bond motifs is 2. The Morgan fingerprint density at radius 2 is 2.10 bits per heavy atom. The minimum absolute atomic E-state index is 0.0524. The summed E-state index contributed by atoms with van der Waals surface area (Å²) in [7, 11) is 0. The first-order valence-electron chi connectivity index (χ1n) is 8.79. The van der Waals surface area contributed by atoms with E-state index < -0.39 is 18.0 Å². The van der Waals surface area contributed by atoms with E-state index >= 15 is 0 Å². The third kappa shape index (κ3) is 3.75. The van der Waals surface area contributed by atoms with Crippen molar-refractivity contribution in [2.45, 2.75) is 26.1 Å². The van der Waals surface area contributed by atoms with Gasteiger partial charge < -0.3 is 10.1 Å². The summed E-state index contributed by atoms with van der Waals surface area (Å²) in [4.78, 5) is 20.5. The number of nitrogens with zero attached hydrogens (tertiary/aromatic N) is 5. The van der Waals surface area contributed by atoms with Crippen LogP contribution < -0.4 is 10.1 Å². The summed E-state index contributed by atoms with van der Waals surface area (Å²) in [6.07, 6.45) is -1.91. The van der Waals surface area contributed by atoms with Gasteiger partial charge in [0.05, 0.1) is 18.4 Å². The van der Waals surface area contributed by atoms with Gasteiger partial charge in [-0.25, -0.2) is 14.8 Å². The molecule has 1 amide bonds.